The lowest BCUT2D eigenvalue weighted by Gasteiger charge is -2.20. The first-order valence-corrected chi connectivity index (χ1v) is 4.00. The number of nitrogens with one attached hydrogen (secondary N) is 1. The van der Waals surface area contributed by atoms with Gasteiger partial charge in [-0.3, -0.25) is 4.79 Å². The van der Waals surface area contributed by atoms with Crippen molar-refractivity contribution in [1.29, 1.82) is 0 Å². The molecule has 0 aromatic carbocycles. The molecule has 0 bridgehead atoms. The summed E-state index contributed by atoms with van der Waals surface area (Å²) in [5, 5.41) is 37.9. The molecule has 0 rings (SSSR count). The van der Waals surface area contributed by atoms with Gasteiger partial charge in [0, 0.05) is 0 Å². The number of carbonyl (C=O) groups is 1. The molecular formula is C7H13BNO5. The lowest BCUT2D eigenvalue weighted by molar-refractivity contribution is -0.137. The Morgan fingerprint density at radius 2 is 2.00 bits per heavy atom. The van der Waals surface area contributed by atoms with Gasteiger partial charge < -0.3 is 25.7 Å². The van der Waals surface area contributed by atoms with Crippen LogP contribution in [0.3, 0.4) is 0 Å². The molecular weight excluding hydrogens is 189 g/mol. The molecule has 0 aromatic heterocycles. The summed E-state index contributed by atoms with van der Waals surface area (Å²) in [5.74, 6) is -0.824. The second-order valence-electron chi connectivity index (χ2n) is 2.64. The van der Waals surface area contributed by atoms with Gasteiger partial charge in [0.1, 0.15) is 18.3 Å². The first-order valence-electron chi connectivity index (χ1n) is 4.00. The fraction of sp³-hybridized carbons (Fsp3) is 0.714. The van der Waals surface area contributed by atoms with Crippen LogP contribution in [0.2, 0.25) is 0 Å². The van der Waals surface area contributed by atoms with E-state index >= 15 is 0 Å². The summed E-state index contributed by atoms with van der Waals surface area (Å²) in [7, 11) is 5.01. The Morgan fingerprint density at radius 1 is 1.43 bits per heavy atom. The Labute approximate surface area is 83.0 Å². The largest absolute Gasteiger partial charge is 0.394 e. The molecule has 0 aliphatic heterocycles. The number of hydrogen-bond donors (Lipinski definition) is 5. The Morgan fingerprint density at radius 3 is 2.43 bits per heavy atom. The van der Waals surface area contributed by atoms with Crippen molar-refractivity contribution in [2.45, 2.75) is 18.3 Å². The molecule has 79 valence electrons. The third-order valence-corrected chi connectivity index (χ3v) is 1.56. The van der Waals surface area contributed by atoms with Gasteiger partial charge in [0.05, 0.1) is 21.0 Å². The third-order valence-electron chi connectivity index (χ3n) is 1.56. The molecule has 14 heavy (non-hydrogen) atoms. The predicted molar refractivity (Wildman–Crippen MR) is 48.2 cm³/mol. The molecule has 0 heterocycles. The Hall–Kier alpha value is -0.465. The Bertz CT molecular complexity index is 179. The van der Waals surface area contributed by atoms with Crippen LogP contribution in [0.1, 0.15) is 0 Å². The molecule has 0 saturated carbocycles. The summed E-state index contributed by atoms with van der Waals surface area (Å²) in [6.45, 7) is 0.147. The van der Waals surface area contributed by atoms with Crippen LogP contribution in [-0.4, -0.2) is 65.4 Å². The van der Waals surface area contributed by atoms with Gasteiger partial charge in [-0.25, -0.2) is 0 Å². The molecule has 7 heteroatoms. The summed E-state index contributed by atoms with van der Waals surface area (Å²) in [5.41, 5.74) is 0. The third kappa shape index (κ3) is 4.16. The topological polar surface area (TPSA) is 110 Å². The fourth-order valence-electron chi connectivity index (χ4n) is 0.732. The zero-order chi connectivity index (χ0) is 11.1. The minimum absolute atomic E-state index is 0.0110. The second kappa shape index (κ2) is 6.91. The number of hydrogen-bond acceptors (Lipinski definition) is 6. The number of aliphatic hydroxyl groups excluding tert-OH is 4. The van der Waals surface area contributed by atoms with E-state index in [1.54, 1.807) is 0 Å². The molecule has 0 aromatic rings. The summed E-state index contributed by atoms with van der Waals surface area (Å²) in [6.07, 6.45) is -5.04. The van der Waals surface area contributed by atoms with Gasteiger partial charge >= 0.3 is 0 Å². The zero-order valence-electron chi connectivity index (χ0n) is 7.50. The van der Waals surface area contributed by atoms with E-state index in [-0.39, 0.29) is 6.44 Å². The van der Waals surface area contributed by atoms with Crippen molar-refractivity contribution in [3.8, 4) is 0 Å². The number of ketones is 1. The number of aliphatic hydroxyl groups is 4. The molecule has 6 nitrogen and oxygen atoms in total. The number of Topliss-reactive ketones (excluding diaryl/α,β-unsaturated/α-hetero) is 1. The summed E-state index contributed by atoms with van der Waals surface area (Å²) in [4.78, 5) is 11.0. The van der Waals surface area contributed by atoms with Gasteiger partial charge in [-0.05, 0) is 6.44 Å². The first kappa shape index (κ1) is 13.5. The molecule has 0 amide bonds. The van der Waals surface area contributed by atoms with E-state index < -0.39 is 30.7 Å². The number of carbonyl (C=O) groups excluding carboxylic acids is 1. The van der Waals surface area contributed by atoms with Crippen LogP contribution in [-0.2, 0) is 4.79 Å². The maximum atomic E-state index is 11.0. The molecule has 3 radical (unpaired) electrons. The average molecular weight is 202 g/mol. The average Bonchev–Trinajstić information content (AvgIpc) is 2.22. The molecule has 5 N–H and O–H groups in total. The van der Waals surface area contributed by atoms with Gasteiger partial charge in [-0.2, -0.15) is 0 Å². The van der Waals surface area contributed by atoms with Crippen LogP contribution in [0.25, 0.3) is 0 Å². The van der Waals surface area contributed by atoms with Crippen molar-refractivity contribution < 1.29 is 25.2 Å². The van der Waals surface area contributed by atoms with E-state index in [0.29, 0.717) is 0 Å². The fourth-order valence-corrected chi connectivity index (χ4v) is 0.732. The maximum absolute atomic E-state index is 11.0. The monoisotopic (exact) mass is 202 g/mol. The van der Waals surface area contributed by atoms with E-state index in [1.807, 2.05) is 0 Å². The summed E-state index contributed by atoms with van der Waals surface area (Å²) in [6, 6.07) is 0. The minimum atomic E-state index is -1.78. The molecule has 0 aliphatic carbocycles. The normalized spacial score (nSPS) is 17.4. The Kier molecular flexibility index (Phi) is 6.68. The van der Waals surface area contributed by atoms with Gasteiger partial charge in [0.15, 0.2) is 5.78 Å². The van der Waals surface area contributed by atoms with E-state index in [2.05, 4.69) is 5.32 Å². The second-order valence-corrected chi connectivity index (χ2v) is 2.64. The minimum Gasteiger partial charge on any atom is -0.394 e. The first-order chi connectivity index (χ1) is 6.54. The molecule has 0 fully saturated rings. The van der Waals surface area contributed by atoms with Crippen LogP contribution in [0.4, 0.5) is 0 Å². The van der Waals surface area contributed by atoms with E-state index in [1.165, 1.54) is 0 Å². The highest BCUT2D eigenvalue weighted by molar-refractivity contribution is 6.09. The molecule has 3 unspecified atom stereocenters. The van der Waals surface area contributed by atoms with Crippen molar-refractivity contribution in [1.82, 2.24) is 5.32 Å². The molecule has 0 saturated heterocycles. The van der Waals surface area contributed by atoms with Crippen molar-refractivity contribution >= 4 is 13.6 Å². The van der Waals surface area contributed by atoms with Gasteiger partial charge in [-0.15, -0.1) is 0 Å². The van der Waals surface area contributed by atoms with Crippen LogP contribution in [0.15, 0.2) is 0 Å². The van der Waals surface area contributed by atoms with Crippen LogP contribution in [0, 0.1) is 6.54 Å². The van der Waals surface area contributed by atoms with E-state index in [0.717, 1.165) is 6.54 Å². The van der Waals surface area contributed by atoms with E-state index in [4.69, 9.17) is 28.3 Å². The van der Waals surface area contributed by atoms with Crippen molar-refractivity contribution in [3.05, 3.63) is 6.54 Å². The van der Waals surface area contributed by atoms with Crippen molar-refractivity contribution in [3.63, 3.8) is 0 Å². The number of rotatable bonds is 7. The van der Waals surface area contributed by atoms with Gasteiger partial charge in [0.25, 0.3) is 0 Å². The van der Waals surface area contributed by atoms with Gasteiger partial charge in [0.2, 0.25) is 0 Å². The summed E-state index contributed by atoms with van der Waals surface area (Å²) >= 11 is 0. The SMILES string of the molecule is [B]CN[CH]C(=O)C(O)C(O)C(O)CO. The highest BCUT2D eigenvalue weighted by atomic mass is 16.4. The molecule has 3 atom stereocenters. The standard InChI is InChI=1S/C7H13BNO5/c8-3-9-1-4(11)6(13)7(14)5(12)2-10/h1,5-7,9-10,12-14H,2-3H2. The lowest BCUT2D eigenvalue weighted by Crippen LogP contribution is -2.45. The lowest BCUT2D eigenvalue weighted by atomic mass is 10.0. The highest BCUT2D eigenvalue weighted by Crippen LogP contribution is 2.01. The van der Waals surface area contributed by atoms with Crippen LogP contribution < -0.4 is 5.32 Å². The Balaban J connectivity index is 4.03. The maximum Gasteiger partial charge on any atom is 0.182 e. The van der Waals surface area contributed by atoms with Crippen LogP contribution >= 0.6 is 0 Å². The highest BCUT2D eigenvalue weighted by Gasteiger charge is 2.29. The zero-order valence-corrected chi connectivity index (χ0v) is 7.50. The quantitative estimate of drug-likeness (QED) is 0.274. The van der Waals surface area contributed by atoms with Gasteiger partial charge in [-0.1, -0.05) is 0 Å². The van der Waals surface area contributed by atoms with Crippen molar-refractivity contribution in [2.24, 2.45) is 0 Å². The predicted octanol–water partition coefficient (Wildman–Crippen LogP) is -3.49. The van der Waals surface area contributed by atoms with Crippen LogP contribution in [0.5, 0.6) is 0 Å². The summed E-state index contributed by atoms with van der Waals surface area (Å²) < 4.78 is 0. The van der Waals surface area contributed by atoms with E-state index in [9.17, 15) is 4.79 Å². The molecule has 0 aliphatic rings. The van der Waals surface area contributed by atoms with Crippen molar-refractivity contribution in [2.75, 3.05) is 13.1 Å². The smallest absolute Gasteiger partial charge is 0.182 e. The molecule has 0 spiro atoms.